The van der Waals surface area contributed by atoms with Crippen molar-refractivity contribution in [2.75, 3.05) is 23.6 Å². The van der Waals surface area contributed by atoms with E-state index in [-0.39, 0.29) is 48.6 Å². The van der Waals surface area contributed by atoms with Gasteiger partial charge in [0.2, 0.25) is 10.0 Å². The number of aliphatic hydroxyl groups excluding tert-OH is 2. The van der Waals surface area contributed by atoms with Gasteiger partial charge in [-0.2, -0.15) is 0 Å². The summed E-state index contributed by atoms with van der Waals surface area (Å²) in [4.78, 5) is 17.1. The molecular formula is C29H36F2N4O5S. The van der Waals surface area contributed by atoms with E-state index in [0.717, 1.165) is 30.2 Å². The van der Waals surface area contributed by atoms with E-state index >= 15 is 0 Å². The fourth-order valence-electron chi connectivity index (χ4n) is 4.24. The van der Waals surface area contributed by atoms with Gasteiger partial charge in [-0.05, 0) is 60.6 Å². The van der Waals surface area contributed by atoms with Crippen molar-refractivity contribution in [3.05, 3.63) is 94.8 Å². The van der Waals surface area contributed by atoms with Gasteiger partial charge in [-0.15, -0.1) is 0 Å². The third-order valence-electron chi connectivity index (χ3n) is 6.34. The van der Waals surface area contributed by atoms with Crippen LogP contribution in [0.25, 0.3) is 0 Å². The number of pyridine rings is 1. The fraction of sp³-hybridized carbons (Fsp3) is 0.379. The molecule has 0 bridgehead atoms. The molecule has 1 aromatic heterocycles. The second-order valence-electron chi connectivity index (χ2n) is 9.75. The van der Waals surface area contributed by atoms with Gasteiger partial charge in [0, 0.05) is 32.0 Å². The quantitative estimate of drug-likeness (QED) is 0.162. The number of rotatable bonds is 16. The van der Waals surface area contributed by atoms with Crippen molar-refractivity contribution < 1.29 is 32.2 Å². The Morgan fingerprint density at radius 2 is 1.73 bits per heavy atom. The highest BCUT2D eigenvalue weighted by Gasteiger charge is 2.24. The lowest BCUT2D eigenvalue weighted by Crippen LogP contribution is -2.48. The first-order chi connectivity index (χ1) is 19.6. The van der Waals surface area contributed by atoms with E-state index in [1.54, 1.807) is 0 Å². The number of nitrogens with zero attached hydrogens (tertiary/aromatic N) is 1. The van der Waals surface area contributed by atoms with Crippen LogP contribution in [0.15, 0.2) is 60.9 Å². The van der Waals surface area contributed by atoms with E-state index in [9.17, 15) is 27.1 Å². The maximum absolute atomic E-state index is 13.9. The lowest BCUT2D eigenvalue weighted by atomic mass is 10.00. The van der Waals surface area contributed by atoms with Gasteiger partial charge in [-0.1, -0.05) is 31.2 Å². The number of aryl methyl sites for hydroxylation is 1. The monoisotopic (exact) mass is 590 g/mol. The van der Waals surface area contributed by atoms with Crippen molar-refractivity contribution in [2.45, 2.75) is 51.3 Å². The average Bonchev–Trinajstić information content (AvgIpc) is 2.92. The Balaban J connectivity index is 1.72. The van der Waals surface area contributed by atoms with Crippen LogP contribution in [0.2, 0.25) is 0 Å². The largest absolute Gasteiger partial charge is 0.396 e. The molecule has 0 saturated carbocycles. The van der Waals surface area contributed by atoms with Crippen molar-refractivity contribution in [1.82, 2.24) is 15.6 Å². The molecule has 1 heterocycles. The summed E-state index contributed by atoms with van der Waals surface area (Å²) < 4.78 is 54.7. The molecular weight excluding hydrogens is 554 g/mol. The zero-order chi connectivity index (χ0) is 29.8. The van der Waals surface area contributed by atoms with E-state index in [2.05, 4.69) is 33.3 Å². The normalized spacial score (nSPS) is 13.0. The van der Waals surface area contributed by atoms with Gasteiger partial charge in [0.15, 0.2) is 0 Å². The van der Waals surface area contributed by atoms with Crippen LogP contribution in [-0.4, -0.2) is 60.6 Å². The average molecular weight is 591 g/mol. The molecule has 41 heavy (non-hydrogen) atoms. The number of halogens is 2. The standard InChI is InChI=1S/C29H36F2N4O5S/c1-2-20-6-5-7-21(10-20)16-32-19-28(37)27(13-22-11-24(30)15-25(31)12-22)34-29(38)23-14-26(18-33-17-23)35-41(39,40)9-4-3-8-36/h5-7,10-12,14-15,17-18,27-28,32,35-37H,2-4,8-9,13,16,19H2,1H3,(H,34,38)/t27-,28+/m0/s1. The molecule has 2 atom stereocenters. The number of sulfonamides is 1. The minimum atomic E-state index is -3.72. The van der Waals surface area contributed by atoms with Crippen LogP contribution in [-0.2, 0) is 29.4 Å². The van der Waals surface area contributed by atoms with Crippen molar-refractivity contribution in [3.8, 4) is 0 Å². The van der Waals surface area contributed by atoms with E-state index < -0.39 is 39.7 Å². The van der Waals surface area contributed by atoms with Gasteiger partial charge in [0.05, 0.1) is 35.3 Å². The molecule has 0 unspecified atom stereocenters. The van der Waals surface area contributed by atoms with Crippen LogP contribution < -0.4 is 15.4 Å². The summed E-state index contributed by atoms with van der Waals surface area (Å²) in [5.41, 5.74) is 2.52. The van der Waals surface area contributed by atoms with Crippen molar-refractivity contribution in [1.29, 1.82) is 0 Å². The smallest absolute Gasteiger partial charge is 0.253 e. The maximum atomic E-state index is 13.9. The molecule has 0 aliphatic rings. The molecule has 222 valence electrons. The summed E-state index contributed by atoms with van der Waals surface area (Å²) >= 11 is 0. The molecule has 12 heteroatoms. The number of benzene rings is 2. The molecule has 0 aliphatic heterocycles. The minimum Gasteiger partial charge on any atom is -0.396 e. The highest BCUT2D eigenvalue weighted by Crippen LogP contribution is 2.15. The maximum Gasteiger partial charge on any atom is 0.253 e. The molecule has 3 rings (SSSR count). The number of anilines is 1. The van der Waals surface area contributed by atoms with Gasteiger partial charge in [-0.25, -0.2) is 17.2 Å². The number of aliphatic hydroxyl groups is 2. The van der Waals surface area contributed by atoms with Gasteiger partial charge in [0.1, 0.15) is 11.6 Å². The topological polar surface area (TPSA) is 141 Å². The lowest BCUT2D eigenvalue weighted by Gasteiger charge is -2.25. The highest BCUT2D eigenvalue weighted by atomic mass is 32.2. The number of nitrogens with one attached hydrogen (secondary N) is 3. The number of hydrogen-bond acceptors (Lipinski definition) is 7. The van der Waals surface area contributed by atoms with Crippen molar-refractivity contribution >= 4 is 21.6 Å². The van der Waals surface area contributed by atoms with Crippen LogP contribution in [0.5, 0.6) is 0 Å². The Kier molecular flexibility index (Phi) is 12.1. The minimum absolute atomic E-state index is 0.0209. The Hall–Kier alpha value is -3.45. The zero-order valence-corrected chi connectivity index (χ0v) is 23.6. The van der Waals surface area contributed by atoms with Gasteiger partial charge >= 0.3 is 0 Å². The first-order valence-electron chi connectivity index (χ1n) is 13.4. The second-order valence-corrected chi connectivity index (χ2v) is 11.6. The van der Waals surface area contributed by atoms with Crippen LogP contribution in [0.3, 0.4) is 0 Å². The number of hydrogen-bond donors (Lipinski definition) is 5. The molecule has 2 aromatic carbocycles. The summed E-state index contributed by atoms with van der Waals surface area (Å²) in [6, 6.07) is 11.3. The molecule has 1 amide bonds. The first-order valence-corrected chi connectivity index (χ1v) is 15.0. The third-order valence-corrected chi connectivity index (χ3v) is 7.71. The van der Waals surface area contributed by atoms with Gasteiger partial charge in [0.25, 0.3) is 5.91 Å². The molecule has 0 spiro atoms. The molecule has 0 radical (unpaired) electrons. The van der Waals surface area contributed by atoms with E-state index in [1.165, 1.54) is 24.0 Å². The Morgan fingerprint density at radius 1 is 1.00 bits per heavy atom. The van der Waals surface area contributed by atoms with Gasteiger partial charge in [-0.3, -0.25) is 14.5 Å². The van der Waals surface area contributed by atoms with E-state index in [4.69, 9.17) is 5.11 Å². The van der Waals surface area contributed by atoms with Crippen LogP contribution in [0.4, 0.5) is 14.5 Å². The summed E-state index contributed by atoms with van der Waals surface area (Å²) in [6.45, 7) is 2.47. The summed E-state index contributed by atoms with van der Waals surface area (Å²) in [7, 11) is -3.72. The molecule has 0 saturated heterocycles. The van der Waals surface area contributed by atoms with E-state index in [0.29, 0.717) is 13.0 Å². The van der Waals surface area contributed by atoms with Crippen LogP contribution >= 0.6 is 0 Å². The van der Waals surface area contributed by atoms with Crippen LogP contribution in [0, 0.1) is 11.6 Å². The van der Waals surface area contributed by atoms with E-state index in [1.807, 2.05) is 18.2 Å². The SMILES string of the molecule is CCc1cccc(CNC[C@@H](O)[C@H](Cc2cc(F)cc(F)c2)NC(=O)c2cncc(NS(=O)(=O)CCCCO)c2)c1. The number of amides is 1. The Labute approximate surface area is 239 Å². The number of carbonyl (C=O) groups is 1. The third kappa shape index (κ3) is 10.8. The predicted molar refractivity (Wildman–Crippen MR) is 153 cm³/mol. The zero-order valence-electron chi connectivity index (χ0n) is 22.8. The summed E-state index contributed by atoms with van der Waals surface area (Å²) in [5.74, 6) is -2.43. The molecule has 3 aromatic rings. The molecule has 0 aliphatic carbocycles. The molecule has 0 fully saturated rings. The summed E-state index contributed by atoms with van der Waals surface area (Å²) in [5, 5.41) is 25.7. The Bertz CT molecular complexity index is 1390. The fourth-order valence-corrected chi connectivity index (χ4v) is 5.40. The van der Waals surface area contributed by atoms with Crippen molar-refractivity contribution in [2.24, 2.45) is 0 Å². The second kappa shape index (κ2) is 15.5. The number of carbonyl (C=O) groups excluding carboxylic acids is 1. The highest BCUT2D eigenvalue weighted by molar-refractivity contribution is 7.92. The summed E-state index contributed by atoms with van der Waals surface area (Å²) in [6.07, 6.45) is 2.76. The number of aromatic nitrogens is 1. The van der Waals surface area contributed by atoms with Crippen LogP contribution in [0.1, 0.15) is 46.8 Å². The number of unbranched alkanes of at least 4 members (excludes halogenated alkanes) is 1. The van der Waals surface area contributed by atoms with Gasteiger partial charge < -0.3 is 20.8 Å². The molecule has 9 nitrogen and oxygen atoms in total. The first kappa shape index (κ1) is 32.1. The Morgan fingerprint density at radius 3 is 2.44 bits per heavy atom. The predicted octanol–water partition coefficient (Wildman–Crippen LogP) is 2.93. The molecule has 5 N–H and O–H groups in total. The lowest BCUT2D eigenvalue weighted by molar-refractivity contribution is 0.0829. The van der Waals surface area contributed by atoms with Crippen molar-refractivity contribution in [3.63, 3.8) is 0 Å².